The van der Waals surface area contributed by atoms with Crippen LogP contribution >= 0.6 is 22.7 Å². The summed E-state index contributed by atoms with van der Waals surface area (Å²) in [7, 11) is 0. The number of fused-ring (bicyclic) bond motifs is 1. The Hall–Kier alpha value is -2.58. The van der Waals surface area contributed by atoms with E-state index in [1.54, 1.807) is 23.5 Å². The highest BCUT2D eigenvalue weighted by molar-refractivity contribution is 7.18. The molecule has 3 rings (SSSR count). The van der Waals surface area contributed by atoms with E-state index in [1.165, 1.54) is 11.3 Å². The number of para-hydroxylation sites is 1. The van der Waals surface area contributed by atoms with Crippen LogP contribution in [-0.2, 0) is 17.8 Å². The predicted octanol–water partition coefficient (Wildman–Crippen LogP) is 3.91. The molecule has 2 heterocycles. The fraction of sp³-hybridized carbons (Fsp3) is 0.182. The Balaban J connectivity index is 1.58. The lowest BCUT2D eigenvalue weighted by Gasteiger charge is -2.15. The minimum Gasteiger partial charge on any atom is -0.383 e. The van der Waals surface area contributed by atoms with Gasteiger partial charge < -0.3 is 15.5 Å². The molecule has 5 nitrogen and oxygen atoms in total. The maximum atomic E-state index is 12.3. The summed E-state index contributed by atoms with van der Waals surface area (Å²) in [6.07, 6.45) is 3.22. The van der Waals surface area contributed by atoms with Crippen molar-refractivity contribution in [2.45, 2.75) is 25.2 Å². The van der Waals surface area contributed by atoms with E-state index in [0.29, 0.717) is 5.01 Å². The zero-order valence-corrected chi connectivity index (χ0v) is 17.4. The molecule has 0 fully saturated rings. The van der Waals surface area contributed by atoms with Gasteiger partial charge in [0.25, 0.3) is 5.91 Å². The molecule has 150 valence electrons. The van der Waals surface area contributed by atoms with Gasteiger partial charge in [-0.3, -0.25) is 4.79 Å². The fourth-order valence-corrected chi connectivity index (χ4v) is 4.71. The first-order valence-corrected chi connectivity index (χ1v) is 10.7. The number of nitrogens with zero attached hydrogens (tertiary/aromatic N) is 1. The third kappa shape index (κ3) is 5.27. The van der Waals surface area contributed by atoms with Crippen LogP contribution in [-0.4, -0.2) is 27.2 Å². The van der Waals surface area contributed by atoms with Crippen molar-refractivity contribution in [3.63, 3.8) is 0 Å². The monoisotopic (exact) mass is 426 g/mol. The lowest BCUT2D eigenvalue weighted by Crippen LogP contribution is -2.38. The fourth-order valence-electron chi connectivity index (χ4n) is 2.74. The highest BCUT2D eigenvalue weighted by Crippen LogP contribution is 2.28. The minimum absolute atomic E-state index is 0.279. The van der Waals surface area contributed by atoms with E-state index in [0.717, 1.165) is 32.0 Å². The molecular formula is C22H22N2O3S2. The summed E-state index contributed by atoms with van der Waals surface area (Å²) < 4.78 is 0.893. The highest BCUT2D eigenvalue weighted by Gasteiger charge is 2.28. The number of hydrogen-bond acceptors (Lipinski definition) is 6. The molecular weight excluding hydrogens is 404 g/mol. The maximum absolute atomic E-state index is 12.3. The van der Waals surface area contributed by atoms with Crippen molar-refractivity contribution >= 4 is 38.8 Å². The van der Waals surface area contributed by atoms with Gasteiger partial charge in [0.05, 0.1) is 16.8 Å². The Bertz CT molecular complexity index is 1020. The normalized spacial score (nSPS) is 13.8. The van der Waals surface area contributed by atoms with Crippen molar-refractivity contribution in [3.8, 4) is 0 Å². The molecule has 7 heteroatoms. The minimum atomic E-state index is -1.59. The van der Waals surface area contributed by atoms with Crippen LogP contribution in [0.4, 0.5) is 0 Å². The number of aliphatic hydroxyl groups is 2. The molecule has 2 aromatic heterocycles. The van der Waals surface area contributed by atoms with Crippen LogP contribution in [0, 0.1) is 0 Å². The number of allylic oxidation sites excluding steroid dienone is 4. The van der Waals surface area contributed by atoms with Crippen LogP contribution in [0.2, 0.25) is 0 Å². The van der Waals surface area contributed by atoms with Gasteiger partial charge in [-0.1, -0.05) is 43.5 Å². The lowest BCUT2D eigenvalue weighted by atomic mass is 10.1. The molecule has 0 radical (unpaired) electrons. The van der Waals surface area contributed by atoms with Gasteiger partial charge in [0.15, 0.2) is 6.10 Å². The Morgan fingerprint density at radius 3 is 2.62 bits per heavy atom. The summed E-state index contributed by atoms with van der Waals surface area (Å²) in [5.41, 5.74) is 1.79. The van der Waals surface area contributed by atoms with E-state index < -0.39 is 18.1 Å². The molecule has 1 aromatic carbocycles. The van der Waals surface area contributed by atoms with Gasteiger partial charge in [-0.15, -0.1) is 22.7 Å². The number of nitrogens with one attached hydrogen (secondary N) is 1. The van der Waals surface area contributed by atoms with Gasteiger partial charge in [0.2, 0.25) is 0 Å². The van der Waals surface area contributed by atoms with Crippen molar-refractivity contribution in [1.29, 1.82) is 0 Å². The predicted molar refractivity (Wildman–Crippen MR) is 119 cm³/mol. The number of carbonyl (C=O) groups is 1. The van der Waals surface area contributed by atoms with Crippen molar-refractivity contribution in [2.24, 2.45) is 0 Å². The van der Waals surface area contributed by atoms with Crippen LogP contribution in [0.15, 0.2) is 73.4 Å². The maximum Gasteiger partial charge on any atom is 0.252 e. The average molecular weight is 427 g/mol. The summed E-state index contributed by atoms with van der Waals surface area (Å²) in [5, 5.41) is 23.6. The number of thiazole rings is 1. The van der Waals surface area contributed by atoms with Gasteiger partial charge in [-0.05, 0) is 29.8 Å². The zero-order chi connectivity index (χ0) is 20.8. The molecule has 0 saturated heterocycles. The van der Waals surface area contributed by atoms with Crippen LogP contribution in [0.1, 0.15) is 20.9 Å². The topological polar surface area (TPSA) is 82.5 Å². The van der Waals surface area contributed by atoms with Crippen LogP contribution in [0.3, 0.4) is 0 Å². The summed E-state index contributed by atoms with van der Waals surface area (Å²) in [6.45, 7) is 7.76. The number of benzene rings is 1. The molecule has 3 aromatic rings. The Labute approximate surface area is 177 Å². The van der Waals surface area contributed by atoms with E-state index in [1.807, 2.05) is 42.5 Å². The second-order valence-corrected chi connectivity index (χ2v) is 8.67. The van der Waals surface area contributed by atoms with Gasteiger partial charge in [0.1, 0.15) is 11.1 Å². The molecule has 2 atom stereocenters. The van der Waals surface area contributed by atoms with Crippen LogP contribution in [0.5, 0.6) is 0 Å². The van der Waals surface area contributed by atoms with Crippen molar-refractivity contribution in [2.75, 3.05) is 0 Å². The molecule has 0 bridgehead atoms. The Morgan fingerprint density at radius 2 is 1.90 bits per heavy atom. The first-order valence-electron chi connectivity index (χ1n) is 9.02. The standard InChI is InChI=1S/C22H22N2O3S2/c1-3-7-14(4-2)12-15-10-11-16(28-15)13-23-21(27)19(25)20(26)22-24-17-8-5-6-9-18(17)29-22/h3-11,19-20,25-26H,1-2,12-13H2,(H,23,27)/b14-7+/t19-,20-/m1/s1. The Morgan fingerprint density at radius 1 is 1.14 bits per heavy atom. The lowest BCUT2D eigenvalue weighted by molar-refractivity contribution is -0.135. The number of rotatable bonds is 9. The molecule has 0 saturated carbocycles. The second kappa shape index (κ2) is 9.76. The summed E-state index contributed by atoms with van der Waals surface area (Å²) in [6, 6.07) is 11.4. The number of aliphatic hydroxyl groups excluding tert-OH is 2. The first kappa shape index (κ1) is 21.1. The van der Waals surface area contributed by atoms with Gasteiger partial charge in [-0.25, -0.2) is 4.98 Å². The zero-order valence-electron chi connectivity index (χ0n) is 15.7. The van der Waals surface area contributed by atoms with Crippen LogP contribution in [0.25, 0.3) is 10.2 Å². The SMILES string of the molecule is C=C/C=C(\C=C)Cc1ccc(CNC(=O)[C@H](O)[C@@H](O)c2nc3ccccc3s2)s1. The van der Waals surface area contributed by atoms with Gasteiger partial charge in [-0.2, -0.15) is 0 Å². The van der Waals surface area contributed by atoms with E-state index in [4.69, 9.17) is 0 Å². The van der Waals surface area contributed by atoms with Gasteiger partial charge >= 0.3 is 0 Å². The molecule has 0 aliphatic carbocycles. The van der Waals surface area contributed by atoms with E-state index in [2.05, 4.69) is 23.5 Å². The molecule has 0 aliphatic heterocycles. The highest BCUT2D eigenvalue weighted by atomic mass is 32.1. The van der Waals surface area contributed by atoms with E-state index >= 15 is 0 Å². The second-order valence-electron chi connectivity index (χ2n) is 6.35. The number of hydrogen-bond donors (Lipinski definition) is 3. The quantitative estimate of drug-likeness (QED) is 0.453. The molecule has 1 amide bonds. The molecule has 0 spiro atoms. The number of thiophene rings is 1. The largest absolute Gasteiger partial charge is 0.383 e. The molecule has 29 heavy (non-hydrogen) atoms. The third-order valence-electron chi connectivity index (χ3n) is 4.26. The van der Waals surface area contributed by atoms with Crippen molar-refractivity contribution < 1.29 is 15.0 Å². The average Bonchev–Trinajstić information content (AvgIpc) is 3.37. The van der Waals surface area contributed by atoms with Crippen LogP contribution < -0.4 is 5.32 Å². The molecule has 3 N–H and O–H groups in total. The smallest absolute Gasteiger partial charge is 0.252 e. The molecule has 0 unspecified atom stereocenters. The Kier molecular flexibility index (Phi) is 7.11. The number of aromatic nitrogens is 1. The number of carbonyl (C=O) groups excluding carboxylic acids is 1. The van der Waals surface area contributed by atoms with Gasteiger partial charge in [0, 0.05) is 16.2 Å². The molecule has 0 aliphatic rings. The van der Waals surface area contributed by atoms with E-state index in [-0.39, 0.29) is 6.54 Å². The number of amides is 1. The summed E-state index contributed by atoms with van der Waals surface area (Å²) in [5.74, 6) is -0.634. The van der Waals surface area contributed by atoms with Crippen molar-refractivity contribution in [3.05, 3.63) is 88.1 Å². The van der Waals surface area contributed by atoms with E-state index in [9.17, 15) is 15.0 Å². The summed E-state index contributed by atoms with van der Waals surface area (Å²) in [4.78, 5) is 18.7. The summed E-state index contributed by atoms with van der Waals surface area (Å²) >= 11 is 2.83. The third-order valence-corrected chi connectivity index (χ3v) is 6.45. The van der Waals surface area contributed by atoms with Crippen molar-refractivity contribution in [1.82, 2.24) is 10.3 Å². The first-order chi connectivity index (χ1) is 14.0.